The van der Waals surface area contributed by atoms with Crippen molar-refractivity contribution in [1.29, 1.82) is 0 Å². The van der Waals surface area contributed by atoms with Crippen LogP contribution >= 0.6 is 0 Å². The Labute approximate surface area is 225 Å². The van der Waals surface area contributed by atoms with E-state index in [1.807, 2.05) is 25.6 Å². The minimum absolute atomic E-state index is 0.0329. The number of halogens is 2. The van der Waals surface area contributed by atoms with E-state index in [0.29, 0.717) is 17.9 Å². The van der Waals surface area contributed by atoms with Gasteiger partial charge in [-0.15, -0.1) is 0 Å². The Morgan fingerprint density at radius 3 is 2.67 bits per heavy atom. The molecule has 1 atom stereocenters. The quantitative estimate of drug-likeness (QED) is 0.453. The van der Waals surface area contributed by atoms with E-state index in [-0.39, 0.29) is 29.1 Å². The Morgan fingerprint density at radius 1 is 1.18 bits per heavy atom. The molecule has 10 nitrogen and oxygen atoms in total. The number of alkyl halides is 2. The molecule has 1 fully saturated rings. The molecule has 5 rings (SSSR count). The number of carbonyl (C=O) groups excluding carboxylic acids is 2. The van der Waals surface area contributed by atoms with Crippen molar-refractivity contribution in [3.05, 3.63) is 47.8 Å². The zero-order chi connectivity index (χ0) is 27.7. The second-order valence-electron chi connectivity index (χ2n) is 10.2. The lowest BCUT2D eigenvalue weighted by atomic mass is 10.2. The summed E-state index contributed by atoms with van der Waals surface area (Å²) >= 11 is 0. The molecule has 0 unspecified atom stereocenters. The van der Waals surface area contributed by atoms with Crippen molar-refractivity contribution in [3.63, 3.8) is 0 Å². The predicted molar refractivity (Wildman–Crippen MR) is 145 cm³/mol. The molecule has 0 saturated carbocycles. The fourth-order valence-corrected chi connectivity index (χ4v) is 5.03. The van der Waals surface area contributed by atoms with Crippen LogP contribution in [0.4, 0.5) is 20.2 Å². The van der Waals surface area contributed by atoms with E-state index in [4.69, 9.17) is 4.74 Å². The molecule has 2 aromatic heterocycles. The Hall–Kier alpha value is -3.77. The highest BCUT2D eigenvalue weighted by Gasteiger charge is 2.26. The average Bonchev–Trinajstić information content (AvgIpc) is 3.31. The Kier molecular flexibility index (Phi) is 7.67. The summed E-state index contributed by atoms with van der Waals surface area (Å²) in [7, 11) is 4.09. The third kappa shape index (κ3) is 5.81. The Balaban J connectivity index is 1.34. The smallest absolute Gasteiger partial charge is 0.387 e. The number of benzene rings is 1. The highest BCUT2D eigenvalue weighted by Crippen LogP contribution is 2.32. The summed E-state index contributed by atoms with van der Waals surface area (Å²) in [6, 6.07) is 9.89. The number of rotatable bonds is 8. The first-order valence-electron chi connectivity index (χ1n) is 13.0. The average molecular weight is 542 g/mol. The number of hydrogen-bond donors (Lipinski definition) is 2. The van der Waals surface area contributed by atoms with Crippen LogP contribution in [-0.2, 0) is 0 Å². The van der Waals surface area contributed by atoms with Crippen molar-refractivity contribution in [2.45, 2.75) is 19.6 Å². The van der Waals surface area contributed by atoms with Crippen LogP contribution in [0.15, 0.2) is 36.4 Å². The molecule has 0 radical (unpaired) electrons. The standard InChI is InChI=1S/C27H33F2N7O3/c1-17-16-30-26(38)22-14-18-4-6-21(31-24(18)36(17)22)25(37)32-20-7-5-19(15-23(20)39-27(28)29)35-12-10-34(11-13-35)9-8-33(2)3/h4-7,14-15,17,27H,8-13,16H2,1-3H3,(H,30,38)(H,32,37)/t17-/m1/s1. The fraction of sp³-hybridized carbons (Fsp3) is 0.444. The molecular formula is C27H33F2N7O3. The topological polar surface area (TPSA) is 95.0 Å². The van der Waals surface area contributed by atoms with Gasteiger partial charge in [0.15, 0.2) is 5.75 Å². The molecule has 0 aliphatic carbocycles. The number of nitrogens with one attached hydrogen (secondary N) is 2. The number of aromatic nitrogens is 2. The maximum atomic E-state index is 13.3. The molecule has 0 bridgehead atoms. The third-order valence-corrected chi connectivity index (χ3v) is 7.18. The minimum Gasteiger partial charge on any atom is -0.433 e. The summed E-state index contributed by atoms with van der Waals surface area (Å²) < 4.78 is 33.2. The van der Waals surface area contributed by atoms with Crippen LogP contribution in [0.1, 0.15) is 33.9 Å². The second-order valence-corrected chi connectivity index (χ2v) is 10.2. The first-order chi connectivity index (χ1) is 18.7. The van der Waals surface area contributed by atoms with Crippen molar-refractivity contribution in [1.82, 2.24) is 24.7 Å². The van der Waals surface area contributed by atoms with E-state index in [1.54, 1.807) is 30.3 Å². The maximum Gasteiger partial charge on any atom is 0.387 e. The summed E-state index contributed by atoms with van der Waals surface area (Å²) in [5, 5.41) is 6.24. The van der Waals surface area contributed by atoms with E-state index < -0.39 is 12.5 Å². The van der Waals surface area contributed by atoms with Crippen molar-refractivity contribution < 1.29 is 23.1 Å². The van der Waals surface area contributed by atoms with Crippen LogP contribution in [0.2, 0.25) is 0 Å². The second kappa shape index (κ2) is 11.1. The number of carbonyl (C=O) groups is 2. The molecule has 208 valence electrons. The van der Waals surface area contributed by atoms with Gasteiger partial charge in [-0.05, 0) is 51.4 Å². The van der Waals surface area contributed by atoms with E-state index >= 15 is 0 Å². The molecule has 3 aromatic rings. The van der Waals surface area contributed by atoms with Gasteiger partial charge in [0.05, 0.1) is 11.7 Å². The highest BCUT2D eigenvalue weighted by atomic mass is 19.3. The molecule has 1 aromatic carbocycles. The van der Waals surface area contributed by atoms with Crippen molar-refractivity contribution in [2.75, 3.05) is 70.1 Å². The zero-order valence-corrected chi connectivity index (χ0v) is 22.3. The molecule has 39 heavy (non-hydrogen) atoms. The lowest BCUT2D eigenvalue weighted by Gasteiger charge is -2.36. The molecule has 12 heteroatoms. The summed E-state index contributed by atoms with van der Waals surface area (Å²) in [5.41, 5.74) is 1.98. The number of anilines is 2. The SMILES string of the molecule is C[C@@H]1CNC(=O)c2cc3ccc(C(=O)Nc4ccc(N5CCN(CCN(C)C)CC5)cc4OC(F)F)nc3n21. The number of likely N-dealkylation sites (N-methyl/N-ethyl adjacent to an activating group) is 1. The van der Waals surface area contributed by atoms with E-state index in [9.17, 15) is 18.4 Å². The first-order valence-corrected chi connectivity index (χ1v) is 13.0. The first kappa shape index (κ1) is 26.8. The maximum absolute atomic E-state index is 13.3. The third-order valence-electron chi connectivity index (χ3n) is 7.18. The molecule has 2 amide bonds. The van der Waals surface area contributed by atoms with Crippen LogP contribution in [0, 0.1) is 0 Å². The number of ether oxygens (including phenoxy) is 1. The Morgan fingerprint density at radius 2 is 1.95 bits per heavy atom. The largest absolute Gasteiger partial charge is 0.433 e. The normalized spacial score (nSPS) is 18.0. The van der Waals surface area contributed by atoms with Gasteiger partial charge >= 0.3 is 6.61 Å². The summed E-state index contributed by atoms with van der Waals surface area (Å²) in [4.78, 5) is 36.6. The zero-order valence-electron chi connectivity index (χ0n) is 22.3. The van der Waals surface area contributed by atoms with Crippen LogP contribution in [0.25, 0.3) is 11.0 Å². The number of piperazine rings is 1. The van der Waals surface area contributed by atoms with Gasteiger partial charge in [0.2, 0.25) is 0 Å². The van der Waals surface area contributed by atoms with E-state index in [0.717, 1.165) is 50.3 Å². The van der Waals surface area contributed by atoms with Gasteiger partial charge in [-0.3, -0.25) is 14.5 Å². The molecule has 0 spiro atoms. The lowest BCUT2D eigenvalue weighted by Crippen LogP contribution is -2.48. The molecular weight excluding hydrogens is 508 g/mol. The molecule has 4 heterocycles. The predicted octanol–water partition coefficient (Wildman–Crippen LogP) is 2.88. The number of fused-ring (bicyclic) bond motifs is 3. The van der Waals surface area contributed by atoms with Crippen molar-refractivity contribution in [2.24, 2.45) is 0 Å². The van der Waals surface area contributed by atoms with Crippen LogP contribution in [0.3, 0.4) is 0 Å². The van der Waals surface area contributed by atoms with E-state index in [2.05, 4.69) is 30.3 Å². The monoisotopic (exact) mass is 541 g/mol. The van der Waals surface area contributed by atoms with Gasteiger partial charge < -0.3 is 29.7 Å². The minimum atomic E-state index is -3.05. The number of pyridine rings is 1. The fourth-order valence-electron chi connectivity index (χ4n) is 5.03. The van der Waals surface area contributed by atoms with Crippen molar-refractivity contribution >= 4 is 34.2 Å². The lowest BCUT2D eigenvalue weighted by molar-refractivity contribution is -0.0493. The number of amides is 2. The van der Waals surface area contributed by atoms with Gasteiger partial charge in [0.1, 0.15) is 17.0 Å². The van der Waals surface area contributed by atoms with E-state index in [1.165, 1.54) is 6.07 Å². The van der Waals surface area contributed by atoms with Gasteiger partial charge in [-0.2, -0.15) is 8.78 Å². The van der Waals surface area contributed by atoms with Crippen LogP contribution < -0.4 is 20.3 Å². The van der Waals surface area contributed by atoms with Gasteiger partial charge in [0.25, 0.3) is 11.8 Å². The summed E-state index contributed by atoms with van der Waals surface area (Å²) in [5.74, 6) is -0.875. The van der Waals surface area contributed by atoms with Crippen molar-refractivity contribution in [3.8, 4) is 5.75 Å². The van der Waals surface area contributed by atoms with Gasteiger partial charge in [0, 0.05) is 63.0 Å². The van der Waals surface area contributed by atoms with Crippen LogP contribution in [0.5, 0.6) is 5.75 Å². The van der Waals surface area contributed by atoms with Crippen LogP contribution in [-0.4, -0.2) is 97.7 Å². The Bertz CT molecular complexity index is 1370. The molecule has 2 aliphatic heterocycles. The molecule has 1 saturated heterocycles. The number of hydrogen-bond acceptors (Lipinski definition) is 7. The summed E-state index contributed by atoms with van der Waals surface area (Å²) in [6.07, 6.45) is 0. The molecule has 2 N–H and O–H groups in total. The van der Waals surface area contributed by atoms with Gasteiger partial charge in [-0.1, -0.05) is 0 Å². The number of nitrogens with zero attached hydrogens (tertiary/aromatic N) is 5. The molecule has 2 aliphatic rings. The highest BCUT2D eigenvalue weighted by molar-refractivity contribution is 6.05. The summed E-state index contributed by atoms with van der Waals surface area (Å²) in [6.45, 7) is 4.57. The van der Waals surface area contributed by atoms with Gasteiger partial charge in [-0.25, -0.2) is 4.98 Å².